The van der Waals surface area contributed by atoms with Crippen molar-refractivity contribution in [3.05, 3.63) is 145 Å². The van der Waals surface area contributed by atoms with Crippen LogP contribution >= 0.6 is 0 Å². The number of nitrogens with one attached hydrogen (secondary N) is 2. The number of nitrogens with zero attached hydrogens (tertiary/aromatic N) is 4. The number of rotatable bonds is 11. The fourth-order valence-electron chi connectivity index (χ4n) is 5.98. The van der Waals surface area contributed by atoms with Crippen molar-refractivity contribution >= 4 is 45.1 Å². The highest BCUT2D eigenvalue weighted by atomic mass is 19.4. The normalized spacial score (nSPS) is 12.1. The number of alkyl halides is 3. The summed E-state index contributed by atoms with van der Waals surface area (Å²) in [5.41, 5.74) is 7.03. The van der Waals surface area contributed by atoms with E-state index in [2.05, 4.69) is 24.8 Å². The van der Waals surface area contributed by atoms with Crippen LogP contribution in [-0.4, -0.2) is 89.9 Å². The number of ketones is 1. The van der Waals surface area contributed by atoms with Crippen LogP contribution in [0, 0.1) is 0 Å². The summed E-state index contributed by atoms with van der Waals surface area (Å²) in [5, 5.41) is 26.2. The third-order valence-corrected chi connectivity index (χ3v) is 9.34. The lowest BCUT2D eigenvalue weighted by Gasteiger charge is -2.10. The summed E-state index contributed by atoms with van der Waals surface area (Å²) in [6.45, 7) is 6.72. The summed E-state index contributed by atoms with van der Waals surface area (Å²) >= 11 is 0. The molecule has 21 heteroatoms. The Bertz CT molecular complexity index is 3090. The van der Waals surface area contributed by atoms with E-state index in [1.54, 1.807) is 85.4 Å². The van der Waals surface area contributed by atoms with Crippen molar-refractivity contribution in [3.8, 4) is 17.1 Å². The number of ether oxygens (including phenoxy) is 1. The number of Topliss-reactive ketones (excluding diaryl/α,β-unsaturated/α-hetero) is 1. The predicted octanol–water partition coefficient (Wildman–Crippen LogP) is 6.62. The third kappa shape index (κ3) is 13.7. The van der Waals surface area contributed by atoms with Gasteiger partial charge in [-0.3, -0.25) is 19.3 Å². The number of benzene rings is 4. The molecule has 0 aliphatic rings. The van der Waals surface area contributed by atoms with Crippen LogP contribution in [0.5, 0.6) is 5.75 Å². The summed E-state index contributed by atoms with van der Waals surface area (Å²) in [6.07, 6.45) is -1.98. The predicted molar refractivity (Wildman–Crippen MR) is 234 cm³/mol. The van der Waals surface area contributed by atoms with Crippen LogP contribution in [0.3, 0.4) is 0 Å². The minimum absolute atomic E-state index is 0.0502. The van der Waals surface area contributed by atoms with E-state index in [1.807, 2.05) is 38.4 Å². The topological polar surface area (TPSA) is 260 Å². The molecule has 4 aromatic heterocycles. The van der Waals surface area contributed by atoms with Gasteiger partial charge >= 0.3 is 29.4 Å². The summed E-state index contributed by atoms with van der Waals surface area (Å²) in [7, 11) is 4.07. The minimum Gasteiger partial charge on any atom is -0.490 e. The molecule has 8 aromatic rings. The molecule has 0 saturated heterocycles. The Balaban J connectivity index is 0.000000201. The molecule has 4 aromatic carbocycles. The molecule has 0 radical (unpaired) electrons. The first kappa shape index (κ1) is 49.4. The number of hydrogen-bond acceptors (Lipinski definition) is 14. The monoisotopic (exact) mass is 918 g/mol. The number of aliphatic carboxylic acids is 1. The van der Waals surface area contributed by atoms with Gasteiger partial charge in [0.1, 0.15) is 0 Å². The number of halogens is 3. The van der Waals surface area contributed by atoms with Gasteiger partial charge < -0.3 is 38.2 Å². The Morgan fingerprint density at radius 2 is 1.36 bits per heavy atom. The number of carboxylic acids is 1. The van der Waals surface area contributed by atoms with E-state index >= 15 is 0 Å². The SMILES string of the molecule is CC(=O)c1ccc2[nH]c(=O)oc2c1.CC(O)c1ccc2[nH]c(=O)oc2c1.CC(O)c1ccc2c(c1)oc(=O)n2Cc1cccc(-c2ncc(OCCCN(C)C)cn2)c1.O=C(O)C(F)(F)F. The number of aromatic amines is 2. The molecule has 2 unspecified atom stereocenters. The Morgan fingerprint density at radius 3 is 1.92 bits per heavy atom. The smallest absolute Gasteiger partial charge is 0.490 e. The first-order chi connectivity index (χ1) is 31.2. The molecule has 0 aliphatic carbocycles. The van der Waals surface area contributed by atoms with Crippen molar-refractivity contribution in [2.24, 2.45) is 0 Å². The molecule has 2 atom stereocenters. The van der Waals surface area contributed by atoms with Gasteiger partial charge in [-0.15, -0.1) is 0 Å². The zero-order valence-corrected chi connectivity index (χ0v) is 36.1. The molecule has 66 heavy (non-hydrogen) atoms. The van der Waals surface area contributed by atoms with Crippen molar-refractivity contribution in [1.82, 2.24) is 29.4 Å². The molecule has 0 saturated carbocycles. The molecule has 0 amide bonds. The summed E-state index contributed by atoms with van der Waals surface area (Å²) in [4.78, 5) is 69.9. The van der Waals surface area contributed by atoms with Gasteiger partial charge in [0.25, 0.3) is 0 Å². The fourth-order valence-corrected chi connectivity index (χ4v) is 5.98. The van der Waals surface area contributed by atoms with Crippen LogP contribution in [0.4, 0.5) is 13.2 Å². The van der Waals surface area contributed by atoms with Crippen LogP contribution in [0.2, 0.25) is 0 Å². The standard InChI is InChI=1S/C25H28N4O4.C9H9NO3.C9H7NO3.C2HF3O2/c1-17(30)19-8-9-22-23(13-19)33-25(31)29(22)16-18-6-4-7-20(12-18)24-26-14-21(15-27-24)32-11-5-10-28(2)3;2*1-5(11)6-2-3-7-8(4-6)13-9(12)10-7;3-2(4,5)1(6)7/h4,6-9,12-15,17,30H,5,10-11,16H2,1-3H3;2-5,11H,1H3,(H,10,12);2-4H,1H3,(H,10,12);(H,6,7). The number of carbonyl (C=O) groups excluding carboxylic acids is 1. The van der Waals surface area contributed by atoms with E-state index < -0.39 is 41.6 Å². The molecule has 5 N–H and O–H groups in total. The first-order valence-corrected chi connectivity index (χ1v) is 19.9. The molecule has 0 spiro atoms. The number of carbonyl (C=O) groups is 2. The highest BCUT2D eigenvalue weighted by Crippen LogP contribution is 2.23. The van der Waals surface area contributed by atoms with E-state index in [1.165, 1.54) is 6.92 Å². The minimum atomic E-state index is -5.08. The molecule has 348 valence electrons. The van der Waals surface area contributed by atoms with Crippen LogP contribution in [-0.2, 0) is 11.3 Å². The van der Waals surface area contributed by atoms with Gasteiger partial charge in [-0.25, -0.2) is 29.1 Å². The lowest BCUT2D eigenvalue weighted by atomic mass is 10.1. The van der Waals surface area contributed by atoms with E-state index in [0.29, 0.717) is 69.2 Å². The highest BCUT2D eigenvalue weighted by Gasteiger charge is 2.38. The Kier molecular flexibility index (Phi) is 16.3. The zero-order valence-electron chi connectivity index (χ0n) is 36.1. The number of H-pyrrole nitrogens is 2. The second kappa shape index (κ2) is 21.8. The van der Waals surface area contributed by atoms with Crippen molar-refractivity contribution in [2.75, 3.05) is 27.2 Å². The van der Waals surface area contributed by atoms with Crippen LogP contribution in [0.25, 0.3) is 44.7 Å². The van der Waals surface area contributed by atoms with Crippen molar-refractivity contribution in [2.45, 2.75) is 52.1 Å². The Labute approximate surface area is 371 Å². The van der Waals surface area contributed by atoms with Crippen molar-refractivity contribution in [3.63, 3.8) is 0 Å². The number of oxazole rings is 3. The summed E-state index contributed by atoms with van der Waals surface area (Å²) in [5.74, 6) is -3.00. The summed E-state index contributed by atoms with van der Waals surface area (Å²) < 4.78 is 54.0. The fraction of sp³-hybridized carbons (Fsp3) is 0.267. The van der Waals surface area contributed by atoms with Crippen LogP contribution < -0.4 is 22.0 Å². The van der Waals surface area contributed by atoms with Gasteiger partial charge in [-0.05, 0) is 107 Å². The number of aliphatic hydroxyl groups is 2. The molecule has 8 rings (SSSR count). The lowest BCUT2D eigenvalue weighted by Crippen LogP contribution is -2.21. The highest BCUT2D eigenvalue weighted by molar-refractivity contribution is 5.96. The summed E-state index contributed by atoms with van der Waals surface area (Å²) in [6, 6.07) is 23.0. The van der Waals surface area contributed by atoms with Crippen LogP contribution in [0.15, 0.2) is 119 Å². The Hall–Kier alpha value is -7.62. The van der Waals surface area contributed by atoms with E-state index in [9.17, 15) is 42.6 Å². The zero-order chi connectivity index (χ0) is 48.3. The second-order valence-corrected chi connectivity index (χ2v) is 14.8. The van der Waals surface area contributed by atoms with E-state index in [-0.39, 0.29) is 5.78 Å². The van der Waals surface area contributed by atoms with Crippen LogP contribution in [0.1, 0.15) is 66.4 Å². The third-order valence-electron chi connectivity index (χ3n) is 9.34. The van der Waals surface area contributed by atoms with Gasteiger partial charge in [0, 0.05) is 17.7 Å². The molecule has 0 bridgehead atoms. The largest absolute Gasteiger partial charge is 0.490 e. The number of aliphatic hydroxyl groups excluding tert-OH is 2. The van der Waals surface area contributed by atoms with Gasteiger partial charge in [0.2, 0.25) is 0 Å². The molecule has 18 nitrogen and oxygen atoms in total. The number of hydrogen-bond donors (Lipinski definition) is 5. The average Bonchev–Trinajstić information content (AvgIpc) is 3.93. The maximum absolute atomic E-state index is 12.5. The maximum Gasteiger partial charge on any atom is 0.490 e. The Morgan fingerprint density at radius 1 is 0.803 bits per heavy atom. The molecule has 0 fully saturated rings. The maximum atomic E-state index is 12.5. The van der Waals surface area contributed by atoms with Crippen molar-refractivity contribution in [1.29, 1.82) is 0 Å². The van der Waals surface area contributed by atoms with E-state index in [4.69, 9.17) is 27.9 Å². The molecular weight excluding hydrogens is 874 g/mol. The second-order valence-electron chi connectivity index (χ2n) is 14.8. The van der Waals surface area contributed by atoms with E-state index in [0.717, 1.165) is 29.7 Å². The van der Waals surface area contributed by atoms with Crippen molar-refractivity contribution < 1.29 is 56.1 Å². The average molecular weight is 919 g/mol. The number of fused-ring (bicyclic) bond motifs is 3. The molecule has 4 heterocycles. The molecule has 0 aliphatic heterocycles. The first-order valence-electron chi connectivity index (χ1n) is 19.9. The molecular formula is C45H45F3N6O12. The van der Waals surface area contributed by atoms with Gasteiger partial charge in [-0.1, -0.05) is 30.3 Å². The number of carboxylic acid groups (broad SMARTS) is 1. The van der Waals surface area contributed by atoms with Gasteiger partial charge in [0.15, 0.2) is 34.1 Å². The lowest BCUT2D eigenvalue weighted by molar-refractivity contribution is -0.192. The van der Waals surface area contributed by atoms with Gasteiger partial charge in [-0.2, -0.15) is 13.2 Å². The van der Waals surface area contributed by atoms with Gasteiger partial charge in [0.05, 0.1) is 54.3 Å². The number of aromatic nitrogens is 5. The quantitative estimate of drug-likeness (QED) is 0.0675.